The summed E-state index contributed by atoms with van der Waals surface area (Å²) in [5.41, 5.74) is 4.24. The summed E-state index contributed by atoms with van der Waals surface area (Å²) in [6, 6.07) is 6.21. The van der Waals surface area contributed by atoms with Gasteiger partial charge in [-0.3, -0.25) is 9.69 Å². The molecule has 4 rings (SSSR count). The first-order valence-corrected chi connectivity index (χ1v) is 11.8. The number of halogens is 1. The molecule has 1 aromatic heterocycles. The fraction of sp³-hybridized carbons (Fsp3) is 0.500. The minimum Gasteiger partial charge on any atom is -0.446 e. The van der Waals surface area contributed by atoms with Crippen molar-refractivity contribution < 1.29 is 14.3 Å². The molecule has 1 aliphatic carbocycles. The molecule has 1 aliphatic heterocycles. The van der Waals surface area contributed by atoms with Gasteiger partial charge in [-0.1, -0.05) is 18.2 Å². The van der Waals surface area contributed by atoms with Gasteiger partial charge in [-0.25, -0.2) is 9.36 Å². The summed E-state index contributed by atoms with van der Waals surface area (Å²) < 4.78 is 7.89. The molecule has 1 aromatic carbocycles. The predicted octanol–water partition coefficient (Wildman–Crippen LogP) is 4.54. The van der Waals surface area contributed by atoms with Crippen LogP contribution in [0.5, 0.6) is 0 Å². The van der Waals surface area contributed by atoms with Gasteiger partial charge in [-0.15, -0.1) is 0 Å². The van der Waals surface area contributed by atoms with Crippen LogP contribution < -0.4 is 0 Å². The average Bonchev–Trinajstić information content (AvgIpc) is 3.01. The van der Waals surface area contributed by atoms with Crippen LogP contribution in [0.2, 0.25) is 0 Å². The number of benzene rings is 1. The maximum absolute atomic E-state index is 13.1. The van der Waals surface area contributed by atoms with Gasteiger partial charge in [0.1, 0.15) is 0 Å². The summed E-state index contributed by atoms with van der Waals surface area (Å²) in [5, 5.41) is 1.07. The third-order valence-corrected chi connectivity index (χ3v) is 7.24. The number of ether oxygens (including phenoxy) is 1. The molecule has 0 bridgehead atoms. The molecule has 2 atom stereocenters. The van der Waals surface area contributed by atoms with E-state index in [2.05, 4.69) is 40.0 Å². The third-order valence-electron chi connectivity index (χ3n) is 6.41. The number of likely N-dealkylation sites (N-methyl/N-ethyl adjacent to an activating group) is 1. The number of hydrogen-bond donors (Lipinski definition) is 0. The van der Waals surface area contributed by atoms with Gasteiger partial charge in [0.15, 0.2) is 0 Å². The Morgan fingerprint density at radius 1 is 1.26 bits per heavy atom. The zero-order valence-electron chi connectivity index (χ0n) is 18.8. The van der Waals surface area contributed by atoms with E-state index < -0.39 is 0 Å². The number of rotatable bonds is 4. The molecular weight excluding hydrogens is 458 g/mol. The highest BCUT2D eigenvalue weighted by Crippen LogP contribution is 2.45. The van der Waals surface area contributed by atoms with Gasteiger partial charge in [0.25, 0.3) is 0 Å². The summed E-state index contributed by atoms with van der Waals surface area (Å²) in [4.78, 5) is 30.1. The molecule has 0 spiro atoms. The van der Waals surface area contributed by atoms with Crippen molar-refractivity contribution in [2.75, 3.05) is 26.7 Å². The Kier molecular flexibility index (Phi) is 6.01. The SMILES string of the molecule is CCN(CC)C(=O)[C@@H]1C=C2c3cccc4c3c(c(Br)n4C(=O)OC(C)C)CC2N(C)C1. The molecule has 0 saturated carbocycles. The van der Waals surface area contributed by atoms with Crippen molar-refractivity contribution in [3.05, 3.63) is 40.0 Å². The molecule has 166 valence electrons. The Bertz CT molecular complexity index is 1070. The van der Waals surface area contributed by atoms with E-state index in [1.165, 1.54) is 5.57 Å². The second kappa shape index (κ2) is 8.43. The van der Waals surface area contributed by atoms with Crippen molar-refractivity contribution in [2.45, 2.75) is 46.3 Å². The second-order valence-corrected chi connectivity index (χ2v) is 9.39. The van der Waals surface area contributed by atoms with E-state index in [9.17, 15) is 9.59 Å². The number of carbonyl (C=O) groups excluding carboxylic acids is 2. The van der Waals surface area contributed by atoms with E-state index >= 15 is 0 Å². The first kappa shape index (κ1) is 22.1. The van der Waals surface area contributed by atoms with E-state index in [1.807, 2.05) is 44.7 Å². The molecule has 2 heterocycles. The lowest BCUT2D eigenvalue weighted by molar-refractivity contribution is -0.134. The minimum absolute atomic E-state index is 0.163. The van der Waals surface area contributed by atoms with Crippen LogP contribution >= 0.6 is 15.9 Å². The zero-order valence-corrected chi connectivity index (χ0v) is 20.4. The van der Waals surface area contributed by atoms with E-state index in [0.29, 0.717) is 6.54 Å². The topological polar surface area (TPSA) is 54.8 Å². The lowest BCUT2D eigenvalue weighted by atomic mass is 9.79. The highest BCUT2D eigenvalue weighted by Gasteiger charge is 2.38. The summed E-state index contributed by atoms with van der Waals surface area (Å²) in [6.07, 6.45) is 2.37. The number of fused-ring (bicyclic) bond motifs is 2. The smallest absolute Gasteiger partial charge is 0.419 e. The van der Waals surface area contributed by atoms with Crippen LogP contribution in [0.15, 0.2) is 28.9 Å². The summed E-state index contributed by atoms with van der Waals surface area (Å²) in [5.74, 6) is 0.0180. The quantitative estimate of drug-likeness (QED) is 0.635. The molecule has 6 nitrogen and oxygen atoms in total. The molecule has 0 N–H and O–H groups in total. The van der Waals surface area contributed by atoms with Crippen molar-refractivity contribution in [3.63, 3.8) is 0 Å². The zero-order chi connectivity index (χ0) is 22.4. The van der Waals surface area contributed by atoms with Crippen molar-refractivity contribution in [1.82, 2.24) is 14.4 Å². The van der Waals surface area contributed by atoms with E-state index in [-0.39, 0.29) is 30.1 Å². The Morgan fingerprint density at radius 2 is 1.97 bits per heavy atom. The first-order valence-electron chi connectivity index (χ1n) is 11.0. The normalized spacial score (nSPS) is 20.5. The number of carbonyl (C=O) groups is 2. The largest absolute Gasteiger partial charge is 0.446 e. The van der Waals surface area contributed by atoms with Crippen LogP contribution in [0.3, 0.4) is 0 Å². The van der Waals surface area contributed by atoms with Gasteiger partial charge < -0.3 is 9.64 Å². The van der Waals surface area contributed by atoms with Gasteiger partial charge in [0, 0.05) is 31.1 Å². The molecule has 1 unspecified atom stereocenters. The van der Waals surface area contributed by atoms with Crippen molar-refractivity contribution >= 4 is 44.4 Å². The summed E-state index contributed by atoms with van der Waals surface area (Å²) in [6.45, 7) is 9.88. The maximum Gasteiger partial charge on any atom is 0.419 e. The van der Waals surface area contributed by atoms with E-state index in [4.69, 9.17) is 4.74 Å². The van der Waals surface area contributed by atoms with Gasteiger partial charge >= 0.3 is 6.09 Å². The number of amides is 1. The standard InChI is InChI=1S/C24H30BrN3O3/c1-6-27(7-2)23(29)15-11-17-16-9-8-10-19-21(16)18(12-20(17)26(5)13-15)22(25)28(19)24(30)31-14(3)4/h8-11,14-15,20H,6-7,12-13H2,1-5H3/t15-,20?/m1/s1. The van der Waals surface area contributed by atoms with Crippen LogP contribution in [-0.2, 0) is 16.0 Å². The summed E-state index contributed by atoms with van der Waals surface area (Å²) in [7, 11) is 2.09. The van der Waals surface area contributed by atoms with Crippen LogP contribution in [0.25, 0.3) is 16.5 Å². The van der Waals surface area contributed by atoms with Gasteiger partial charge in [0.2, 0.25) is 5.91 Å². The highest BCUT2D eigenvalue weighted by atomic mass is 79.9. The fourth-order valence-corrected chi connectivity index (χ4v) is 5.65. The van der Waals surface area contributed by atoms with Crippen LogP contribution in [0, 0.1) is 5.92 Å². The Balaban J connectivity index is 1.85. The van der Waals surface area contributed by atoms with E-state index in [1.54, 1.807) is 4.57 Å². The number of nitrogens with zero attached hydrogens (tertiary/aromatic N) is 3. The first-order chi connectivity index (χ1) is 14.8. The van der Waals surface area contributed by atoms with Crippen molar-refractivity contribution in [3.8, 4) is 0 Å². The second-order valence-electron chi connectivity index (χ2n) is 8.64. The molecular formula is C24H30BrN3O3. The molecule has 2 aliphatic rings. The molecule has 7 heteroatoms. The number of aromatic nitrogens is 1. The third kappa shape index (κ3) is 3.61. The average molecular weight is 488 g/mol. The van der Waals surface area contributed by atoms with Crippen molar-refractivity contribution in [2.24, 2.45) is 5.92 Å². The van der Waals surface area contributed by atoms with Crippen LogP contribution in [0.4, 0.5) is 4.79 Å². The van der Waals surface area contributed by atoms with Crippen LogP contribution in [0.1, 0.15) is 38.8 Å². The Hall–Kier alpha value is -2.12. The van der Waals surface area contributed by atoms with Crippen molar-refractivity contribution in [1.29, 1.82) is 0 Å². The molecule has 31 heavy (non-hydrogen) atoms. The van der Waals surface area contributed by atoms with E-state index in [0.717, 1.165) is 46.1 Å². The number of hydrogen-bond acceptors (Lipinski definition) is 4. The Labute approximate surface area is 191 Å². The van der Waals surface area contributed by atoms with Gasteiger partial charge in [-0.05, 0) is 79.9 Å². The molecule has 0 saturated heterocycles. The monoisotopic (exact) mass is 487 g/mol. The van der Waals surface area contributed by atoms with Crippen LogP contribution in [-0.4, -0.2) is 65.2 Å². The van der Waals surface area contributed by atoms with Gasteiger partial charge in [-0.2, -0.15) is 0 Å². The lowest BCUT2D eigenvalue weighted by Gasteiger charge is -2.40. The lowest BCUT2D eigenvalue weighted by Crippen LogP contribution is -2.47. The maximum atomic E-state index is 13.1. The molecule has 1 amide bonds. The molecule has 0 radical (unpaired) electrons. The predicted molar refractivity (Wildman–Crippen MR) is 126 cm³/mol. The highest BCUT2D eigenvalue weighted by molar-refractivity contribution is 9.10. The van der Waals surface area contributed by atoms with Gasteiger partial charge in [0.05, 0.1) is 22.1 Å². The minimum atomic E-state index is -0.378. The molecule has 0 fully saturated rings. The fourth-order valence-electron chi connectivity index (χ4n) is 4.95. The Morgan fingerprint density at radius 3 is 2.61 bits per heavy atom. The summed E-state index contributed by atoms with van der Waals surface area (Å²) >= 11 is 3.69. The molecule has 2 aromatic rings.